The van der Waals surface area contributed by atoms with Crippen molar-refractivity contribution >= 4 is 11.6 Å². The molecule has 1 heterocycles. The first-order valence-corrected chi connectivity index (χ1v) is 9.33. The molecule has 1 unspecified atom stereocenters. The van der Waals surface area contributed by atoms with Crippen LogP contribution < -0.4 is 4.74 Å². The molecule has 4 rings (SSSR count). The molecule has 0 fully saturated rings. The quantitative estimate of drug-likeness (QED) is 0.649. The monoisotopic (exact) mass is 370 g/mol. The van der Waals surface area contributed by atoms with Crippen LogP contribution in [-0.4, -0.2) is 23.7 Å². The number of methoxy groups -OCH3 is 1. The average Bonchev–Trinajstić information content (AvgIpc) is 3.20. The minimum absolute atomic E-state index is 0.0910. The molecule has 0 saturated heterocycles. The summed E-state index contributed by atoms with van der Waals surface area (Å²) in [6.07, 6.45) is 0.675. The highest BCUT2D eigenvalue weighted by molar-refractivity contribution is 6.05. The van der Waals surface area contributed by atoms with Crippen molar-refractivity contribution in [3.05, 3.63) is 101 Å². The van der Waals surface area contributed by atoms with E-state index in [2.05, 4.69) is 0 Å². The van der Waals surface area contributed by atoms with Gasteiger partial charge in [0.1, 0.15) is 5.75 Å². The van der Waals surface area contributed by atoms with Crippen LogP contribution in [-0.2, 0) is 0 Å². The molecule has 0 saturated carbocycles. The standard InChI is InChI=1S/C24H22N2O2/c1-17-8-10-20(11-9-17)24(27)26-23(19-12-14-21(28-2)15-13-19)16-22(25-26)18-6-4-3-5-7-18/h3-15,23H,16H2,1-2H3. The van der Waals surface area contributed by atoms with Gasteiger partial charge in [0.25, 0.3) is 5.91 Å². The molecular weight excluding hydrogens is 348 g/mol. The lowest BCUT2D eigenvalue weighted by Crippen LogP contribution is -2.27. The van der Waals surface area contributed by atoms with Crippen LogP contribution in [0.2, 0.25) is 0 Å². The molecule has 0 spiro atoms. The lowest BCUT2D eigenvalue weighted by Gasteiger charge is -2.22. The Kier molecular flexibility index (Phi) is 4.94. The molecular formula is C24H22N2O2. The Hall–Kier alpha value is -3.40. The predicted octanol–water partition coefficient (Wildman–Crippen LogP) is 5.00. The van der Waals surface area contributed by atoms with E-state index in [1.807, 2.05) is 85.8 Å². The van der Waals surface area contributed by atoms with Crippen LogP contribution in [0.5, 0.6) is 5.75 Å². The third-order valence-electron chi connectivity index (χ3n) is 5.02. The van der Waals surface area contributed by atoms with E-state index in [-0.39, 0.29) is 11.9 Å². The number of carbonyl (C=O) groups is 1. The van der Waals surface area contributed by atoms with Gasteiger partial charge in [0, 0.05) is 12.0 Å². The summed E-state index contributed by atoms with van der Waals surface area (Å²) in [5.41, 5.74) is 4.76. The Morgan fingerprint density at radius 3 is 2.29 bits per heavy atom. The first kappa shape index (κ1) is 18.0. The highest BCUT2D eigenvalue weighted by atomic mass is 16.5. The Balaban J connectivity index is 1.71. The van der Waals surface area contributed by atoms with Crippen molar-refractivity contribution in [1.82, 2.24) is 5.01 Å². The van der Waals surface area contributed by atoms with Crippen LogP contribution in [0.4, 0.5) is 0 Å². The van der Waals surface area contributed by atoms with Gasteiger partial charge >= 0.3 is 0 Å². The van der Waals surface area contributed by atoms with Crippen molar-refractivity contribution < 1.29 is 9.53 Å². The lowest BCUT2D eigenvalue weighted by molar-refractivity contribution is 0.0711. The van der Waals surface area contributed by atoms with E-state index >= 15 is 0 Å². The highest BCUT2D eigenvalue weighted by Gasteiger charge is 2.33. The molecule has 0 N–H and O–H groups in total. The Morgan fingerprint density at radius 2 is 1.64 bits per heavy atom. The molecule has 1 aliphatic rings. The molecule has 4 nitrogen and oxygen atoms in total. The zero-order valence-electron chi connectivity index (χ0n) is 16.0. The van der Waals surface area contributed by atoms with E-state index in [9.17, 15) is 4.79 Å². The second-order valence-corrected chi connectivity index (χ2v) is 6.92. The number of benzene rings is 3. The Labute approximate surface area is 165 Å². The number of hydrazone groups is 1. The number of rotatable bonds is 4. The van der Waals surface area contributed by atoms with Crippen molar-refractivity contribution in [2.24, 2.45) is 5.10 Å². The number of ether oxygens (including phenoxy) is 1. The van der Waals surface area contributed by atoms with Crippen molar-refractivity contribution in [1.29, 1.82) is 0 Å². The number of carbonyl (C=O) groups excluding carboxylic acids is 1. The molecule has 4 heteroatoms. The van der Waals surface area contributed by atoms with Gasteiger partial charge in [-0.3, -0.25) is 4.79 Å². The maximum absolute atomic E-state index is 13.2. The van der Waals surface area contributed by atoms with E-state index in [1.165, 1.54) is 0 Å². The van der Waals surface area contributed by atoms with Crippen molar-refractivity contribution in [3.8, 4) is 5.75 Å². The fourth-order valence-electron chi connectivity index (χ4n) is 3.42. The second kappa shape index (κ2) is 7.69. The zero-order chi connectivity index (χ0) is 19.5. The highest BCUT2D eigenvalue weighted by Crippen LogP contribution is 2.34. The molecule has 0 aromatic heterocycles. The summed E-state index contributed by atoms with van der Waals surface area (Å²) in [7, 11) is 1.65. The smallest absolute Gasteiger partial charge is 0.274 e. The van der Waals surface area contributed by atoms with E-state index < -0.39 is 0 Å². The number of hydrogen-bond donors (Lipinski definition) is 0. The van der Waals surface area contributed by atoms with Crippen molar-refractivity contribution in [2.75, 3.05) is 7.11 Å². The normalized spacial score (nSPS) is 16.0. The molecule has 28 heavy (non-hydrogen) atoms. The predicted molar refractivity (Wildman–Crippen MR) is 111 cm³/mol. The van der Waals surface area contributed by atoms with Crippen molar-refractivity contribution in [3.63, 3.8) is 0 Å². The molecule has 0 aliphatic carbocycles. The summed E-state index contributed by atoms with van der Waals surface area (Å²) in [6, 6.07) is 25.4. The summed E-state index contributed by atoms with van der Waals surface area (Å²) in [5, 5.41) is 6.35. The molecule has 0 bridgehead atoms. The number of nitrogens with zero attached hydrogens (tertiary/aromatic N) is 2. The fourth-order valence-corrected chi connectivity index (χ4v) is 3.42. The number of amides is 1. The van der Waals surface area contributed by atoms with Gasteiger partial charge in [0.2, 0.25) is 0 Å². The maximum atomic E-state index is 13.2. The third-order valence-corrected chi connectivity index (χ3v) is 5.02. The van der Waals surface area contributed by atoms with E-state index in [0.29, 0.717) is 12.0 Å². The first-order valence-electron chi connectivity index (χ1n) is 9.33. The second-order valence-electron chi connectivity index (χ2n) is 6.92. The Bertz CT molecular complexity index is 993. The minimum Gasteiger partial charge on any atom is -0.497 e. The van der Waals surface area contributed by atoms with Gasteiger partial charge in [0.05, 0.1) is 18.9 Å². The van der Waals surface area contributed by atoms with Gasteiger partial charge in [0.15, 0.2) is 0 Å². The molecule has 0 radical (unpaired) electrons. The summed E-state index contributed by atoms with van der Waals surface area (Å²) in [6.45, 7) is 2.01. The van der Waals surface area contributed by atoms with Gasteiger partial charge in [-0.05, 0) is 42.3 Å². The van der Waals surface area contributed by atoms with Gasteiger partial charge in [-0.2, -0.15) is 5.10 Å². The largest absolute Gasteiger partial charge is 0.497 e. The van der Waals surface area contributed by atoms with Crippen LogP contribution in [0, 0.1) is 6.92 Å². The van der Waals surface area contributed by atoms with Gasteiger partial charge < -0.3 is 4.74 Å². The summed E-state index contributed by atoms with van der Waals surface area (Å²) in [4.78, 5) is 13.2. The van der Waals surface area contributed by atoms with Crippen LogP contribution in [0.15, 0.2) is 84.0 Å². The van der Waals surface area contributed by atoms with Crippen LogP contribution in [0.1, 0.15) is 39.5 Å². The topological polar surface area (TPSA) is 41.9 Å². The maximum Gasteiger partial charge on any atom is 0.274 e. The molecule has 1 aliphatic heterocycles. The van der Waals surface area contributed by atoms with Gasteiger partial charge in [-0.1, -0.05) is 60.2 Å². The molecule has 1 atom stereocenters. The fraction of sp³-hybridized carbons (Fsp3) is 0.167. The van der Waals surface area contributed by atoms with Gasteiger partial charge in [-0.25, -0.2) is 5.01 Å². The molecule has 1 amide bonds. The van der Waals surface area contributed by atoms with Crippen LogP contribution in [0.25, 0.3) is 0 Å². The third kappa shape index (κ3) is 3.54. The first-order chi connectivity index (χ1) is 13.7. The van der Waals surface area contributed by atoms with Crippen LogP contribution in [0.3, 0.4) is 0 Å². The number of aryl methyl sites for hydroxylation is 1. The minimum atomic E-state index is -0.144. The van der Waals surface area contributed by atoms with Gasteiger partial charge in [-0.15, -0.1) is 0 Å². The van der Waals surface area contributed by atoms with E-state index in [4.69, 9.17) is 9.84 Å². The summed E-state index contributed by atoms with van der Waals surface area (Å²) in [5.74, 6) is 0.703. The molecule has 140 valence electrons. The number of hydrogen-bond acceptors (Lipinski definition) is 3. The summed E-state index contributed by atoms with van der Waals surface area (Å²) >= 11 is 0. The molecule has 3 aromatic rings. The van der Waals surface area contributed by atoms with Crippen LogP contribution >= 0.6 is 0 Å². The zero-order valence-corrected chi connectivity index (χ0v) is 16.0. The van der Waals surface area contributed by atoms with Crippen molar-refractivity contribution in [2.45, 2.75) is 19.4 Å². The average molecular weight is 370 g/mol. The summed E-state index contributed by atoms with van der Waals surface area (Å²) < 4.78 is 5.27. The van der Waals surface area contributed by atoms with E-state index in [1.54, 1.807) is 12.1 Å². The van der Waals surface area contributed by atoms with E-state index in [0.717, 1.165) is 28.2 Å². The molecule has 3 aromatic carbocycles. The lowest BCUT2D eigenvalue weighted by atomic mass is 9.98. The SMILES string of the molecule is COc1ccc(C2CC(c3ccccc3)=NN2C(=O)c2ccc(C)cc2)cc1. The Morgan fingerprint density at radius 1 is 0.964 bits per heavy atom.